The lowest BCUT2D eigenvalue weighted by molar-refractivity contribution is -0.118. The number of ether oxygens (including phenoxy) is 3. The van der Waals surface area contributed by atoms with Gasteiger partial charge in [0.15, 0.2) is 0 Å². The Hall–Kier alpha value is -3.41. The minimum Gasteiger partial charge on any atom is -0.494 e. The quantitative estimate of drug-likeness (QED) is 0.281. The molecular formula is C29H34FNO4. The van der Waals surface area contributed by atoms with Crippen molar-refractivity contribution in [1.82, 2.24) is 4.98 Å². The Morgan fingerprint density at radius 3 is 2.43 bits per heavy atom. The standard InChI is InChI=1S/C29H34FNO4/c1-5-33-26-11-12-28(29(17-26)34-6-2)22-8-9-24(31-18-22)16-25(32)10-7-21-13-23(30)15-27(14-21)35-19-20(3)4/h8-9,11-15,17-18,20H,5-7,10,16,19H2,1-4H3. The van der Waals surface area contributed by atoms with Crippen molar-refractivity contribution in [2.24, 2.45) is 5.92 Å². The molecule has 0 aliphatic heterocycles. The molecule has 3 rings (SSSR count). The highest BCUT2D eigenvalue weighted by atomic mass is 19.1. The van der Waals surface area contributed by atoms with Crippen molar-refractivity contribution in [2.75, 3.05) is 19.8 Å². The lowest BCUT2D eigenvalue weighted by Gasteiger charge is -2.13. The van der Waals surface area contributed by atoms with Gasteiger partial charge < -0.3 is 14.2 Å². The third-order valence-corrected chi connectivity index (χ3v) is 5.28. The molecule has 0 saturated carbocycles. The SMILES string of the molecule is CCOc1ccc(-c2ccc(CC(=O)CCc3cc(F)cc(OCC(C)C)c3)nc2)c(OCC)c1. The highest BCUT2D eigenvalue weighted by Crippen LogP contribution is 2.33. The maximum Gasteiger partial charge on any atom is 0.139 e. The maximum atomic E-state index is 13.9. The van der Waals surface area contributed by atoms with E-state index in [1.165, 1.54) is 12.1 Å². The topological polar surface area (TPSA) is 57.7 Å². The first kappa shape index (κ1) is 26.2. The van der Waals surface area contributed by atoms with Gasteiger partial charge in [0.2, 0.25) is 0 Å². The summed E-state index contributed by atoms with van der Waals surface area (Å²) < 4.78 is 30.9. The second-order valence-corrected chi connectivity index (χ2v) is 8.78. The van der Waals surface area contributed by atoms with Gasteiger partial charge in [0.1, 0.15) is 28.8 Å². The number of Topliss-reactive ketones (excluding diaryl/α,β-unsaturated/α-hetero) is 1. The van der Waals surface area contributed by atoms with Crippen molar-refractivity contribution in [2.45, 2.75) is 47.0 Å². The minimum atomic E-state index is -0.355. The van der Waals surface area contributed by atoms with Gasteiger partial charge in [-0.15, -0.1) is 0 Å². The van der Waals surface area contributed by atoms with Crippen LogP contribution >= 0.6 is 0 Å². The van der Waals surface area contributed by atoms with Crippen LogP contribution in [0.4, 0.5) is 4.39 Å². The van der Waals surface area contributed by atoms with Crippen LogP contribution in [0.5, 0.6) is 17.2 Å². The molecule has 0 radical (unpaired) electrons. The second kappa shape index (κ2) is 12.9. The van der Waals surface area contributed by atoms with E-state index in [1.54, 1.807) is 12.3 Å². The zero-order valence-electron chi connectivity index (χ0n) is 21.0. The third kappa shape index (κ3) is 8.09. The summed E-state index contributed by atoms with van der Waals surface area (Å²) in [6, 6.07) is 14.2. The zero-order valence-corrected chi connectivity index (χ0v) is 21.0. The van der Waals surface area contributed by atoms with Gasteiger partial charge >= 0.3 is 0 Å². The molecule has 35 heavy (non-hydrogen) atoms. The molecule has 1 heterocycles. The van der Waals surface area contributed by atoms with Crippen LogP contribution in [0.1, 0.15) is 45.4 Å². The third-order valence-electron chi connectivity index (χ3n) is 5.28. The largest absolute Gasteiger partial charge is 0.494 e. The van der Waals surface area contributed by atoms with Crippen LogP contribution in [-0.2, 0) is 17.6 Å². The number of rotatable bonds is 13. The number of hydrogen-bond acceptors (Lipinski definition) is 5. The van der Waals surface area contributed by atoms with Crippen molar-refractivity contribution >= 4 is 5.78 Å². The monoisotopic (exact) mass is 479 g/mol. The van der Waals surface area contributed by atoms with Crippen molar-refractivity contribution in [3.8, 4) is 28.4 Å². The molecule has 0 fully saturated rings. The minimum absolute atomic E-state index is 0.0511. The van der Waals surface area contributed by atoms with E-state index in [1.807, 2.05) is 58.0 Å². The lowest BCUT2D eigenvalue weighted by atomic mass is 10.0. The van der Waals surface area contributed by atoms with Crippen molar-refractivity contribution < 1.29 is 23.4 Å². The molecule has 0 atom stereocenters. The van der Waals surface area contributed by atoms with Gasteiger partial charge in [0.05, 0.1) is 19.8 Å². The summed E-state index contributed by atoms with van der Waals surface area (Å²) in [6.07, 6.45) is 2.75. The first-order valence-corrected chi connectivity index (χ1v) is 12.2. The van der Waals surface area contributed by atoms with Crippen molar-refractivity contribution in [3.63, 3.8) is 0 Å². The van der Waals surface area contributed by atoms with Crippen LogP contribution in [0.15, 0.2) is 54.7 Å². The number of carbonyl (C=O) groups excluding carboxylic acids is 1. The average molecular weight is 480 g/mol. The van der Waals surface area contributed by atoms with Crippen LogP contribution in [0.3, 0.4) is 0 Å². The summed E-state index contributed by atoms with van der Waals surface area (Å²) in [5.41, 5.74) is 3.27. The molecule has 0 aliphatic rings. The number of hydrogen-bond donors (Lipinski definition) is 0. The molecule has 0 aliphatic carbocycles. The fraction of sp³-hybridized carbons (Fsp3) is 0.379. The molecule has 0 bridgehead atoms. The number of aromatic nitrogens is 1. The molecule has 1 aromatic heterocycles. The molecule has 5 nitrogen and oxygen atoms in total. The van der Waals surface area contributed by atoms with Gasteiger partial charge in [-0.2, -0.15) is 0 Å². The molecule has 0 unspecified atom stereocenters. The number of aryl methyl sites for hydroxylation is 1. The molecular weight excluding hydrogens is 445 g/mol. The van der Waals surface area contributed by atoms with E-state index in [9.17, 15) is 9.18 Å². The van der Waals surface area contributed by atoms with Crippen LogP contribution in [0, 0.1) is 11.7 Å². The summed E-state index contributed by atoms with van der Waals surface area (Å²) in [7, 11) is 0. The second-order valence-electron chi connectivity index (χ2n) is 8.78. The number of benzene rings is 2. The Morgan fingerprint density at radius 2 is 1.74 bits per heavy atom. The first-order valence-electron chi connectivity index (χ1n) is 12.2. The Bertz CT molecular complexity index is 1110. The molecule has 6 heteroatoms. The fourth-order valence-corrected chi connectivity index (χ4v) is 3.65. The van der Waals surface area contributed by atoms with E-state index in [2.05, 4.69) is 4.98 Å². The van der Waals surface area contributed by atoms with Gasteiger partial charge in [-0.3, -0.25) is 9.78 Å². The first-order chi connectivity index (χ1) is 16.9. The number of nitrogens with zero attached hydrogens (tertiary/aromatic N) is 1. The molecule has 0 saturated heterocycles. The van der Waals surface area contributed by atoms with Gasteiger partial charge in [-0.1, -0.05) is 19.9 Å². The smallest absolute Gasteiger partial charge is 0.139 e. The van der Waals surface area contributed by atoms with E-state index >= 15 is 0 Å². The van der Waals surface area contributed by atoms with E-state index in [0.717, 1.165) is 28.2 Å². The van der Waals surface area contributed by atoms with Crippen molar-refractivity contribution in [3.05, 3.63) is 71.8 Å². The summed E-state index contributed by atoms with van der Waals surface area (Å²) in [6.45, 7) is 9.60. The van der Waals surface area contributed by atoms with E-state index in [-0.39, 0.29) is 18.0 Å². The molecule has 2 aromatic carbocycles. The Kier molecular flexibility index (Phi) is 9.65. The predicted molar refractivity (Wildman–Crippen MR) is 136 cm³/mol. The zero-order chi connectivity index (χ0) is 25.2. The van der Waals surface area contributed by atoms with Crippen LogP contribution in [-0.4, -0.2) is 30.6 Å². The van der Waals surface area contributed by atoms with E-state index in [4.69, 9.17) is 14.2 Å². The highest BCUT2D eigenvalue weighted by Gasteiger charge is 2.11. The Labute approximate surface area is 207 Å². The van der Waals surface area contributed by atoms with Crippen molar-refractivity contribution in [1.29, 1.82) is 0 Å². The van der Waals surface area contributed by atoms with E-state index < -0.39 is 0 Å². The number of ketones is 1. The van der Waals surface area contributed by atoms with Crippen LogP contribution in [0.25, 0.3) is 11.1 Å². The van der Waals surface area contributed by atoms with Gasteiger partial charge in [0.25, 0.3) is 0 Å². The Morgan fingerprint density at radius 1 is 0.943 bits per heavy atom. The summed E-state index contributed by atoms with van der Waals surface area (Å²) in [5, 5.41) is 0. The normalized spacial score (nSPS) is 10.9. The summed E-state index contributed by atoms with van der Waals surface area (Å²) >= 11 is 0. The molecule has 3 aromatic rings. The van der Waals surface area contributed by atoms with Crippen LogP contribution < -0.4 is 14.2 Å². The van der Waals surface area contributed by atoms with Gasteiger partial charge in [0, 0.05) is 48.0 Å². The lowest BCUT2D eigenvalue weighted by Crippen LogP contribution is -2.07. The summed E-state index contributed by atoms with van der Waals surface area (Å²) in [4.78, 5) is 17.1. The molecule has 0 amide bonds. The summed E-state index contributed by atoms with van der Waals surface area (Å²) in [5.74, 6) is 2.03. The van der Waals surface area contributed by atoms with E-state index in [0.29, 0.717) is 50.0 Å². The Balaban J connectivity index is 1.61. The highest BCUT2D eigenvalue weighted by molar-refractivity contribution is 5.81. The maximum absolute atomic E-state index is 13.9. The number of pyridine rings is 1. The number of halogens is 1. The molecule has 186 valence electrons. The van der Waals surface area contributed by atoms with Crippen LogP contribution in [0.2, 0.25) is 0 Å². The number of carbonyl (C=O) groups is 1. The fourth-order valence-electron chi connectivity index (χ4n) is 3.65. The van der Waals surface area contributed by atoms with Gasteiger partial charge in [-0.05, 0) is 62.1 Å². The molecule has 0 spiro atoms. The molecule has 0 N–H and O–H groups in total. The van der Waals surface area contributed by atoms with Gasteiger partial charge in [-0.25, -0.2) is 4.39 Å². The average Bonchev–Trinajstić information content (AvgIpc) is 2.82. The predicted octanol–water partition coefficient (Wildman–Crippen LogP) is 6.46.